The van der Waals surface area contributed by atoms with Gasteiger partial charge in [-0.3, -0.25) is 5.01 Å². The van der Waals surface area contributed by atoms with E-state index in [1.807, 2.05) is 5.01 Å². The fraction of sp³-hybridized carbons (Fsp3) is 0.750. The Morgan fingerprint density at radius 1 is 2.00 bits per heavy atom. The Hall–Kier alpha value is -0.0300. The van der Waals surface area contributed by atoms with Gasteiger partial charge in [0.1, 0.15) is 0 Å². The molecule has 0 bridgehead atoms. The molecule has 1 rings (SSSR count). The van der Waals surface area contributed by atoms with Crippen LogP contribution in [0.4, 0.5) is 0 Å². The summed E-state index contributed by atoms with van der Waals surface area (Å²) in [5.74, 6) is 1.51. The van der Waals surface area contributed by atoms with Crippen molar-refractivity contribution in [3.05, 3.63) is 0 Å². The molecule has 0 amide bonds. The van der Waals surface area contributed by atoms with Gasteiger partial charge in [-0.15, -0.1) is 5.10 Å². The van der Waals surface area contributed by atoms with Crippen molar-refractivity contribution < 1.29 is 4.74 Å². The molecule has 1 aliphatic rings. The quantitative estimate of drug-likeness (QED) is 0.580. The van der Waals surface area contributed by atoms with Crippen molar-refractivity contribution in [2.24, 2.45) is 5.10 Å². The maximum absolute atomic E-state index is 4.88. The first-order chi connectivity index (χ1) is 4.36. The molecule has 5 heteroatoms. The first-order valence-electron chi connectivity index (χ1n) is 2.48. The zero-order valence-electron chi connectivity index (χ0n) is 5.07. The van der Waals surface area contributed by atoms with Crippen molar-refractivity contribution >= 4 is 29.6 Å². The van der Waals surface area contributed by atoms with Gasteiger partial charge in [-0.1, -0.05) is 0 Å². The van der Waals surface area contributed by atoms with Gasteiger partial charge in [0, 0.05) is 0 Å². The van der Waals surface area contributed by atoms with Crippen molar-refractivity contribution in [1.82, 2.24) is 5.01 Å². The molecule has 0 aromatic carbocycles. The molecule has 0 saturated heterocycles. The molecule has 3 nitrogen and oxygen atoms in total. The number of methoxy groups -OCH3 is 1. The normalized spacial score (nSPS) is 18.0. The maximum atomic E-state index is 4.88. The highest BCUT2D eigenvalue weighted by Gasteiger charge is 2.12. The van der Waals surface area contributed by atoms with E-state index < -0.39 is 0 Å². The van der Waals surface area contributed by atoms with E-state index in [-0.39, 0.29) is 0 Å². The van der Waals surface area contributed by atoms with Gasteiger partial charge >= 0.3 is 0 Å². The monoisotopic (exact) mass is 164 g/mol. The van der Waals surface area contributed by atoms with Gasteiger partial charge in [-0.05, 0) is 11.8 Å². The SMILES string of the molecule is COC1=NN(CS)CS1. The first-order valence-corrected chi connectivity index (χ1v) is 4.10. The van der Waals surface area contributed by atoms with Crippen LogP contribution in [-0.2, 0) is 4.74 Å². The lowest BCUT2D eigenvalue weighted by atomic mass is 11.1. The Labute approximate surface area is 63.8 Å². The van der Waals surface area contributed by atoms with Crippen molar-refractivity contribution in [2.75, 3.05) is 18.9 Å². The van der Waals surface area contributed by atoms with Gasteiger partial charge in [-0.2, -0.15) is 12.6 Å². The smallest absolute Gasteiger partial charge is 0.269 e. The van der Waals surface area contributed by atoms with Crippen molar-refractivity contribution in [3.63, 3.8) is 0 Å². The second-order valence-electron chi connectivity index (χ2n) is 1.49. The lowest BCUT2D eigenvalue weighted by molar-refractivity contribution is 0.371. The molecule has 1 heterocycles. The Balaban J connectivity index is 2.40. The molecule has 1 aliphatic heterocycles. The van der Waals surface area contributed by atoms with Crippen molar-refractivity contribution in [1.29, 1.82) is 0 Å². The van der Waals surface area contributed by atoms with Crippen LogP contribution in [0.5, 0.6) is 0 Å². The predicted molar refractivity (Wildman–Crippen MR) is 42.6 cm³/mol. The van der Waals surface area contributed by atoms with Gasteiger partial charge in [0.15, 0.2) is 0 Å². The molecule has 0 fully saturated rings. The van der Waals surface area contributed by atoms with Gasteiger partial charge in [0.2, 0.25) is 0 Å². The van der Waals surface area contributed by atoms with Crippen LogP contribution in [0.15, 0.2) is 5.10 Å². The third kappa shape index (κ3) is 1.69. The number of nitrogens with zero attached hydrogens (tertiary/aromatic N) is 2. The third-order valence-corrected chi connectivity index (χ3v) is 2.15. The van der Waals surface area contributed by atoms with Gasteiger partial charge in [-0.25, -0.2) is 0 Å². The average molecular weight is 164 g/mol. The molecule has 0 spiro atoms. The van der Waals surface area contributed by atoms with Crippen LogP contribution in [0.3, 0.4) is 0 Å². The first kappa shape index (κ1) is 7.08. The molecule has 0 atom stereocenters. The fourth-order valence-corrected chi connectivity index (χ4v) is 1.47. The average Bonchev–Trinajstić information content (AvgIpc) is 2.34. The van der Waals surface area contributed by atoms with Gasteiger partial charge in [0.25, 0.3) is 5.23 Å². The highest BCUT2D eigenvalue weighted by atomic mass is 32.2. The molecular weight excluding hydrogens is 156 g/mol. The standard InChI is InChI=1S/C4H8N2OS2/c1-7-4-5-6(2-8)3-9-4/h8H,2-3H2,1H3. The number of thiol groups is 1. The zero-order valence-corrected chi connectivity index (χ0v) is 6.78. The van der Waals surface area contributed by atoms with Crippen LogP contribution in [0, 0.1) is 0 Å². The summed E-state index contributed by atoms with van der Waals surface area (Å²) < 4.78 is 4.88. The summed E-state index contributed by atoms with van der Waals surface area (Å²) in [7, 11) is 1.62. The van der Waals surface area contributed by atoms with E-state index in [1.54, 1.807) is 18.9 Å². The van der Waals surface area contributed by atoms with Crippen LogP contribution in [0.1, 0.15) is 0 Å². The number of thioether (sulfide) groups is 1. The fourth-order valence-electron chi connectivity index (χ4n) is 0.475. The summed E-state index contributed by atoms with van der Waals surface area (Å²) in [6, 6.07) is 0. The van der Waals surface area contributed by atoms with Gasteiger partial charge in [0.05, 0.1) is 18.9 Å². The minimum atomic E-state index is 0.653. The molecule has 0 radical (unpaired) electrons. The number of ether oxygens (including phenoxy) is 1. The minimum absolute atomic E-state index is 0.653. The van der Waals surface area contributed by atoms with Crippen LogP contribution in [0.2, 0.25) is 0 Å². The zero-order chi connectivity index (χ0) is 6.69. The van der Waals surface area contributed by atoms with E-state index in [1.165, 1.54) is 0 Å². The minimum Gasteiger partial charge on any atom is -0.475 e. The highest BCUT2D eigenvalue weighted by molar-refractivity contribution is 8.13. The maximum Gasteiger partial charge on any atom is 0.269 e. The van der Waals surface area contributed by atoms with Crippen molar-refractivity contribution in [2.45, 2.75) is 0 Å². The van der Waals surface area contributed by atoms with E-state index in [9.17, 15) is 0 Å². The Morgan fingerprint density at radius 2 is 2.78 bits per heavy atom. The number of rotatable bonds is 1. The Morgan fingerprint density at radius 3 is 3.11 bits per heavy atom. The van der Waals surface area contributed by atoms with Crippen LogP contribution >= 0.6 is 24.4 Å². The van der Waals surface area contributed by atoms with Crippen LogP contribution < -0.4 is 0 Å². The number of hydrogen-bond acceptors (Lipinski definition) is 5. The molecule has 0 N–H and O–H groups in total. The second-order valence-corrected chi connectivity index (χ2v) is 2.67. The van der Waals surface area contributed by atoms with Gasteiger partial charge < -0.3 is 4.74 Å². The Bertz CT molecular complexity index is 128. The van der Waals surface area contributed by atoms with E-state index in [2.05, 4.69) is 17.7 Å². The van der Waals surface area contributed by atoms with Crippen LogP contribution in [-0.4, -0.2) is 29.1 Å². The van der Waals surface area contributed by atoms with Crippen LogP contribution in [0.25, 0.3) is 0 Å². The van der Waals surface area contributed by atoms with E-state index in [0.29, 0.717) is 5.88 Å². The third-order valence-electron chi connectivity index (χ3n) is 0.898. The lowest BCUT2D eigenvalue weighted by Gasteiger charge is -2.04. The summed E-state index contributed by atoms with van der Waals surface area (Å²) >= 11 is 5.62. The van der Waals surface area contributed by atoms with Crippen molar-refractivity contribution in [3.8, 4) is 0 Å². The molecule has 0 aromatic rings. The highest BCUT2D eigenvalue weighted by Crippen LogP contribution is 2.16. The predicted octanol–water partition coefficient (Wildman–Crippen LogP) is 0.797. The van der Waals surface area contributed by atoms with E-state index >= 15 is 0 Å². The number of hydrogen-bond donors (Lipinski definition) is 1. The summed E-state index contributed by atoms with van der Waals surface area (Å²) in [5.41, 5.74) is 0. The topological polar surface area (TPSA) is 24.8 Å². The molecule has 0 aliphatic carbocycles. The molecule has 0 saturated carbocycles. The van der Waals surface area contributed by atoms with E-state index in [4.69, 9.17) is 4.74 Å². The summed E-state index contributed by atoms with van der Waals surface area (Å²) in [4.78, 5) is 0. The molecule has 52 valence electrons. The summed E-state index contributed by atoms with van der Waals surface area (Å²) in [5, 5.41) is 6.59. The Kier molecular flexibility index (Phi) is 2.53. The van der Waals surface area contributed by atoms with E-state index in [0.717, 1.165) is 11.1 Å². The number of hydrazone groups is 1. The second kappa shape index (κ2) is 3.22. The largest absolute Gasteiger partial charge is 0.475 e. The molecule has 0 aromatic heterocycles. The lowest BCUT2D eigenvalue weighted by Crippen LogP contribution is -2.09. The summed E-state index contributed by atoms with van der Waals surface area (Å²) in [6.07, 6.45) is 0. The molecule has 9 heavy (non-hydrogen) atoms. The molecule has 0 unspecified atom stereocenters. The molecular formula is C4H8N2OS2. The summed E-state index contributed by atoms with van der Waals surface area (Å²) in [6.45, 7) is 0.